The Morgan fingerprint density at radius 3 is 1.91 bits per heavy atom. The van der Waals surface area contributed by atoms with E-state index in [0.29, 0.717) is 28.2 Å². The molecule has 0 bridgehead atoms. The van der Waals surface area contributed by atoms with Crippen molar-refractivity contribution in [3.8, 4) is 0 Å². The lowest BCUT2D eigenvalue weighted by molar-refractivity contribution is 0.0992. The Kier molecular flexibility index (Phi) is 6.54. The largest absolute Gasteiger partial charge is 0.459 e. The van der Waals surface area contributed by atoms with E-state index in [9.17, 15) is 14.4 Å². The number of hydrogen-bond acceptors (Lipinski definition) is 4. The minimum atomic E-state index is -0.400. The number of furan rings is 1. The van der Waals surface area contributed by atoms with Crippen LogP contribution in [0.4, 0.5) is 17.1 Å². The zero-order valence-electron chi connectivity index (χ0n) is 18.7. The molecule has 0 spiro atoms. The van der Waals surface area contributed by atoms with Crippen molar-refractivity contribution in [2.75, 3.05) is 16.0 Å². The molecule has 170 valence electrons. The van der Waals surface area contributed by atoms with E-state index >= 15 is 0 Å². The maximum Gasteiger partial charge on any atom is 0.291 e. The van der Waals surface area contributed by atoms with Gasteiger partial charge in [0.05, 0.1) is 6.26 Å². The molecular weight excluding hydrogens is 430 g/mol. The molecule has 1 aromatic heterocycles. The molecule has 3 amide bonds. The van der Waals surface area contributed by atoms with Crippen LogP contribution < -0.4 is 16.0 Å². The van der Waals surface area contributed by atoms with Gasteiger partial charge in [-0.1, -0.05) is 30.3 Å². The average Bonchev–Trinajstić information content (AvgIpc) is 3.39. The third-order valence-corrected chi connectivity index (χ3v) is 5.36. The summed E-state index contributed by atoms with van der Waals surface area (Å²) in [5.74, 6) is -0.798. The molecule has 34 heavy (non-hydrogen) atoms. The predicted octanol–water partition coefficient (Wildman–Crippen LogP) is 5.65. The van der Waals surface area contributed by atoms with Gasteiger partial charge in [0.25, 0.3) is 17.7 Å². The third-order valence-electron chi connectivity index (χ3n) is 5.36. The topological polar surface area (TPSA) is 100 Å². The summed E-state index contributed by atoms with van der Waals surface area (Å²) >= 11 is 0. The number of hydrogen-bond donors (Lipinski definition) is 3. The quantitative estimate of drug-likeness (QED) is 0.351. The summed E-state index contributed by atoms with van der Waals surface area (Å²) in [5, 5.41) is 8.54. The predicted molar refractivity (Wildman–Crippen MR) is 131 cm³/mol. The fraction of sp³-hybridized carbons (Fsp3) is 0.0741. The SMILES string of the molecule is Cc1ccc(C(=O)Nc2cccc(NC(=O)c3ccccc3)c2C)cc1NC(=O)c1ccco1. The van der Waals surface area contributed by atoms with Crippen LogP contribution >= 0.6 is 0 Å². The van der Waals surface area contributed by atoms with Gasteiger partial charge in [0, 0.05) is 28.2 Å². The highest BCUT2D eigenvalue weighted by Gasteiger charge is 2.15. The zero-order chi connectivity index (χ0) is 24.1. The van der Waals surface area contributed by atoms with Gasteiger partial charge in [-0.05, 0) is 73.5 Å². The van der Waals surface area contributed by atoms with Gasteiger partial charge in [-0.3, -0.25) is 14.4 Å². The first-order valence-electron chi connectivity index (χ1n) is 10.7. The molecule has 0 aliphatic carbocycles. The molecule has 3 aromatic carbocycles. The van der Waals surface area contributed by atoms with Crippen molar-refractivity contribution in [1.29, 1.82) is 0 Å². The Morgan fingerprint density at radius 1 is 0.618 bits per heavy atom. The van der Waals surface area contributed by atoms with E-state index in [-0.39, 0.29) is 17.6 Å². The maximum absolute atomic E-state index is 13.0. The number of carbonyl (C=O) groups excluding carboxylic acids is 3. The monoisotopic (exact) mass is 453 g/mol. The first-order valence-corrected chi connectivity index (χ1v) is 10.7. The van der Waals surface area contributed by atoms with E-state index in [4.69, 9.17) is 4.42 Å². The summed E-state index contributed by atoms with van der Waals surface area (Å²) in [6.45, 7) is 3.66. The molecule has 0 aliphatic heterocycles. The highest BCUT2D eigenvalue weighted by Crippen LogP contribution is 2.25. The molecule has 4 aromatic rings. The van der Waals surface area contributed by atoms with Crippen LogP contribution in [0.25, 0.3) is 0 Å². The molecule has 0 saturated carbocycles. The molecule has 0 aliphatic rings. The lowest BCUT2D eigenvalue weighted by atomic mass is 10.1. The molecule has 0 saturated heterocycles. The molecule has 1 heterocycles. The van der Waals surface area contributed by atoms with Gasteiger partial charge < -0.3 is 20.4 Å². The molecule has 7 heteroatoms. The van der Waals surface area contributed by atoms with Crippen LogP contribution in [-0.4, -0.2) is 17.7 Å². The average molecular weight is 453 g/mol. The van der Waals surface area contributed by atoms with Crippen molar-refractivity contribution in [1.82, 2.24) is 0 Å². The van der Waals surface area contributed by atoms with Gasteiger partial charge in [0.15, 0.2) is 5.76 Å². The van der Waals surface area contributed by atoms with Crippen molar-refractivity contribution in [2.24, 2.45) is 0 Å². The fourth-order valence-corrected chi connectivity index (χ4v) is 3.37. The van der Waals surface area contributed by atoms with Crippen molar-refractivity contribution >= 4 is 34.8 Å². The number of amides is 3. The highest BCUT2D eigenvalue weighted by atomic mass is 16.3. The normalized spacial score (nSPS) is 10.4. The van der Waals surface area contributed by atoms with E-state index in [1.54, 1.807) is 72.8 Å². The van der Waals surface area contributed by atoms with E-state index < -0.39 is 5.91 Å². The minimum Gasteiger partial charge on any atom is -0.459 e. The van der Waals surface area contributed by atoms with Gasteiger partial charge in [-0.2, -0.15) is 0 Å². The maximum atomic E-state index is 13.0. The number of aryl methyl sites for hydroxylation is 1. The number of anilines is 3. The van der Waals surface area contributed by atoms with Crippen LogP contribution in [0.5, 0.6) is 0 Å². The number of rotatable bonds is 6. The van der Waals surface area contributed by atoms with Crippen molar-refractivity contribution in [3.05, 3.63) is 113 Å². The summed E-state index contributed by atoms with van der Waals surface area (Å²) in [6, 6.07) is 22.4. The van der Waals surface area contributed by atoms with E-state index in [1.807, 2.05) is 19.9 Å². The zero-order valence-corrected chi connectivity index (χ0v) is 18.7. The molecule has 7 nitrogen and oxygen atoms in total. The van der Waals surface area contributed by atoms with Crippen molar-refractivity contribution < 1.29 is 18.8 Å². The molecular formula is C27H23N3O4. The summed E-state index contributed by atoms with van der Waals surface area (Å²) in [5.41, 5.74) is 4.12. The first-order chi connectivity index (χ1) is 16.4. The number of benzene rings is 3. The van der Waals surface area contributed by atoms with Gasteiger partial charge in [0.1, 0.15) is 0 Å². The van der Waals surface area contributed by atoms with E-state index in [0.717, 1.165) is 11.1 Å². The van der Waals surface area contributed by atoms with Gasteiger partial charge in [-0.15, -0.1) is 0 Å². The third kappa shape index (κ3) is 5.05. The van der Waals surface area contributed by atoms with Crippen LogP contribution in [0.3, 0.4) is 0 Å². The molecule has 0 atom stereocenters. The molecule has 3 N–H and O–H groups in total. The Bertz CT molecular complexity index is 1350. The van der Waals surface area contributed by atoms with Gasteiger partial charge >= 0.3 is 0 Å². The lowest BCUT2D eigenvalue weighted by Crippen LogP contribution is -2.17. The summed E-state index contributed by atoms with van der Waals surface area (Å²) < 4.78 is 5.12. The second-order valence-corrected chi connectivity index (χ2v) is 7.71. The fourth-order valence-electron chi connectivity index (χ4n) is 3.37. The summed E-state index contributed by atoms with van der Waals surface area (Å²) in [6.07, 6.45) is 1.42. The van der Waals surface area contributed by atoms with Crippen LogP contribution in [0, 0.1) is 13.8 Å². The smallest absolute Gasteiger partial charge is 0.291 e. The van der Waals surface area contributed by atoms with Crippen LogP contribution in [0.1, 0.15) is 42.4 Å². The Balaban J connectivity index is 1.50. The number of nitrogens with one attached hydrogen (secondary N) is 3. The van der Waals surface area contributed by atoms with Crippen LogP contribution in [0.2, 0.25) is 0 Å². The van der Waals surface area contributed by atoms with Gasteiger partial charge in [-0.25, -0.2) is 0 Å². The summed E-state index contributed by atoms with van der Waals surface area (Å²) in [7, 11) is 0. The van der Waals surface area contributed by atoms with Crippen LogP contribution in [0.15, 0.2) is 89.5 Å². The van der Waals surface area contributed by atoms with Crippen molar-refractivity contribution in [3.63, 3.8) is 0 Å². The van der Waals surface area contributed by atoms with Gasteiger partial charge in [0.2, 0.25) is 0 Å². The highest BCUT2D eigenvalue weighted by molar-refractivity contribution is 6.08. The number of carbonyl (C=O) groups is 3. The summed E-state index contributed by atoms with van der Waals surface area (Å²) in [4.78, 5) is 37.8. The second kappa shape index (κ2) is 9.87. The van der Waals surface area contributed by atoms with E-state index in [2.05, 4.69) is 16.0 Å². The van der Waals surface area contributed by atoms with Crippen LogP contribution in [-0.2, 0) is 0 Å². The Hall–Kier alpha value is -4.65. The van der Waals surface area contributed by atoms with Crippen molar-refractivity contribution in [2.45, 2.75) is 13.8 Å². The van der Waals surface area contributed by atoms with E-state index in [1.165, 1.54) is 6.26 Å². The second-order valence-electron chi connectivity index (χ2n) is 7.71. The molecule has 0 fully saturated rings. The molecule has 4 rings (SSSR count). The first kappa shape index (κ1) is 22.5. The Labute approximate surface area is 196 Å². The standard InChI is InChI=1S/C27H23N3O4/c1-17-13-14-20(16-23(17)30-27(33)24-12-7-15-34-24)26(32)29-22-11-6-10-21(18(22)2)28-25(31)19-8-4-3-5-9-19/h3-16H,1-2H3,(H,28,31)(H,29,32)(H,30,33). The minimum absolute atomic E-state index is 0.180. The molecule has 0 radical (unpaired) electrons. The lowest BCUT2D eigenvalue weighted by Gasteiger charge is -2.14. The Morgan fingerprint density at radius 2 is 1.26 bits per heavy atom. The molecule has 0 unspecified atom stereocenters.